The average Bonchev–Trinajstić information content (AvgIpc) is 2.01. The molecule has 0 spiro atoms. The maximum atomic E-state index is 11.2. The fourth-order valence-corrected chi connectivity index (χ4v) is 3.45. The lowest BCUT2D eigenvalue weighted by Gasteiger charge is -2.25. The Balaban J connectivity index is 2.30. The third-order valence-electron chi connectivity index (χ3n) is 2.98. The monoisotopic (exact) mass is 218 g/mol. The average molecular weight is 218 g/mol. The normalized spacial score (nSPS) is 23.6. The largest absolute Gasteiger partial charge is 0.229 e. The van der Waals surface area contributed by atoms with Gasteiger partial charge in [0.05, 0.1) is 11.5 Å². The van der Waals surface area contributed by atoms with Gasteiger partial charge < -0.3 is 0 Å². The highest BCUT2D eigenvalue weighted by molar-refractivity contribution is 7.91. The third kappa shape index (κ3) is 4.45. The Bertz CT molecular complexity index is 258. The molecular formula is C11H22O2S. The van der Waals surface area contributed by atoms with E-state index in [1.54, 1.807) is 0 Å². The Labute approximate surface area is 88.0 Å². The van der Waals surface area contributed by atoms with E-state index in [1.165, 1.54) is 12.8 Å². The Hall–Kier alpha value is -0.0500. The van der Waals surface area contributed by atoms with Crippen molar-refractivity contribution in [3.63, 3.8) is 0 Å². The van der Waals surface area contributed by atoms with Gasteiger partial charge in [-0.3, -0.25) is 0 Å². The van der Waals surface area contributed by atoms with Crippen LogP contribution in [0.25, 0.3) is 0 Å². The number of rotatable bonds is 2. The maximum Gasteiger partial charge on any atom is 0.150 e. The van der Waals surface area contributed by atoms with E-state index < -0.39 is 9.84 Å². The predicted octanol–water partition coefficient (Wildman–Crippen LogP) is 2.64. The molecule has 0 aliphatic carbocycles. The highest BCUT2D eigenvalue weighted by Gasteiger charge is 2.24. The maximum absolute atomic E-state index is 11.2. The quantitative estimate of drug-likeness (QED) is 0.714. The van der Waals surface area contributed by atoms with E-state index in [0.717, 1.165) is 12.8 Å². The first-order valence-corrected chi connectivity index (χ1v) is 7.31. The Morgan fingerprint density at radius 2 is 1.64 bits per heavy atom. The minimum Gasteiger partial charge on any atom is -0.229 e. The molecular weight excluding hydrogens is 196 g/mol. The molecule has 14 heavy (non-hydrogen) atoms. The van der Waals surface area contributed by atoms with Gasteiger partial charge in [-0.2, -0.15) is 0 Å². The van der Waals surface area contributed by atoms with Crippen LogP contribution in [0.4, 0.5) is 0 Å². The molecule has 1 heterocycles. The predicted molar refractivity (Wildman–Crippen MR) is 60.1 cm³/mol. The second-order valence-electron chi connectivity index (χ2n) is 5.69. The van der Waals surface area contributed by atoms with Gasteiger partial charge in [-0.25, -0.2) is 8.42 Å². The van der Waals surface area contributed by atoms with Crippen LogP contribution in [0.5, 0.6) is 0 Å². The molecule has 84 valence electrons. The molecule has 1 aliphatic rings. The van der Waals surface area contributed by atoms with Crippen molar-refractivity contribution in [2.24, 2.45) is 11.3 Å². The van der Waals surface area contributed by atoms with Gasteiger partial charge in [-0.05, 0) is 37.0 Å². The first-order chi connectivity index (χ1) is 6.29. The summed E-state index contributed by atoms with van der Waals surface area (Å²) in [5, 5.41) is 0. The lowest BCUT2D eigenvalue weighted by molar-refractivity contribution is 0.310. The molecule has 0 atom stereocenters. The van der Waals surface area contributed by atoms with E-state index in [-0.39, 0.29) is 0 Å². The standard InChI is InChI=1S/C11H22O2S/c1-11(2,3)7-4-10-5-8-14(12,13)9-6-10/h10H,4-9H2,1-3H3. The summed E-state index contributed by atoms with van der Waals surface area (Å²) < 4.78 is 22.4. The van der Waals surface area contributed by atoms with Crippen LogP contribution in [-0.4, -0.2) is 19.9 Å². The van der Waals surface area contributed by atoms with E-state index in [9.17, 15) is 8.42 Å². The van der Waals surface area contributed by atoms with Crippen LogP contribution in [-0.2, 0) is 9.84 Å². The van der Waals surface area contributed by atoms with Gasteiger partial charge in [0.1, 0.15) is 9.84 Å². The van der Waals surface area contributed by atoms with Crippen molar-refractivity contribution < 1.29 is 8.42 Å². The molecule has 1 saturated heterocycles. The van der Waals surface area contributed by atoms with Crippen LogP contribution < -0.4 is 0 Å². The topological polar surface area (TPSA) is 34.1 Å². The Morgan fingerprint density at radius 3 is 2.07 bits per heavy atom. The zero-order chi connectivity index (χ0) is 10.8. The number of hydrogen-bond acceptors (Lipinski definition) is 2. The molecule has 1 fully saturated rings. The Kier molecular flexibility index (Phi) is 3.62. The van der Waals surface area contributed by atoms with Crippen molar-refractivity contribution in [2.45, 2.75) is 46.5 Å². The van der Waals surface area contributed by atoms with Gasteiger partial charge in [-0.15, -0.1) is 0 Å². The summed E-state index contributed by atoms with van der Waals surface area (Å²) in [4.78, 5) is 0. The fourth-order valence-electron chi connectivity index (χ4n) is 1.86. The van der Waals surface area contributed by atoms with Crippen LogP contribution in [0.3, 0.4) is 0 Å². The fraction of sp³-hybridized carbons (Fsp3) is 1.00. The van der Waals surface area contributed by atoms with Crippen LogP contribution in [0.2, 0.25) is 0 Å². The van der Waals surface area contributed by atoms with Gasteiger partial charge in [-0.1, -0.05) is 20.8 Å². The second kappa shape index (κ2) is 4.21. The molecule has 0 N–H and O–H groups in total. The van der Waals surface area contributed by atoms with Gasteiger partial charge in [0.25, 0.3) is 0 Å². The highest BCUT2D eigenvalue weighted by Crippen LogP contribution is 2.29. The number of sulfone groups is 1. The first-order valence-electron chi connectivity index (χ1n) is 5.49. The summed E-state index contributed by atoms with van der Waals surface area (Å²) in [5.74, 6) is 1.49. The van der Waals surface area contributed by atoms with Crippen molar-refractivity contribution >= 4 is 9.84 Å². The molecule has 3 heteroatoms. The minimum atomic E-state index is -2.67. The van der Waals surface area contributed by atoms with E-state index in [2.05, 4.69) is 20.8 Å². The molecule has 0 saturated carbocycles. The molecule has 0 aromatic heterocycles. The summed E-state index contributed by atoms with van der Waals surface area (Å²) in [6.07, 6.45) is 4.17. The highest BCUT2D eigenvalue weighted by atomic mass is 32.2. The lowest BCUT2D eigenvalue weighted by atomic mass is 9.85. The first kappa shape index (κ1) is 12.0. The van der Waals surface area contributed by atoms with Crippen LogP contribution in [0.15, 0.2) is 0 Å². The van der Waals surface area contributed by atoms with E-state index in [0.29, 0.717) is 22.8 Å². The van der Waals surface area contributed by atoms with Crippen LogP contribution >= 0.6 is 0 Å². The zero-order valence-corrected chi connectivity index (χ0v) is 10.4. The molecule has 1 aliphatic heterocycles. The summed E-state index contributed by atoms with van der Waals surface area (Å²) in [6, 6.07) is 0. The number of hydrogen-bond donors (Lipinski definition) is 0. The van der Waals surface area contributed by atoms with Gasteiger partial charge >= 0.3 is 0 Å². The SMILES string of the molecule is CC(C)(C)CCC1CCS(=O)(=O)CC1. The zero-order valence-electron chi connectivity index (χ0n) is 9.54. The molecule has 1 rings (SSSR count). The van der Waals surface area contributed by atoms with Gasteiger partial charge in [0, 0.05) is 0 Å². The van der Waals surface area contributed by atoms with Gasteiger partial charge in [0.2, 0.25) is 0 Å². The molecule has 0 aromatic carbocycles. The van der Waals surface area contributed by atoms with Crippen molar-refractivity contribution in [3.05, 3.63) is 0 Å². The summed E-state index contributed by atoms with van der Waals surface area (Å²) in [6.45, 7) is 6.73. The summed E-state index contributed by atoms with van der Waals surface area (Å²) in [7, 11) is -2.67. The smallest absolute Gasteiger partial charge is 0.150 e. The molecule has 0 radical (unpaired) electrons. The molecule has 0 amide bonds. The van der Waals surface area contributed by atoms with Crippen LogP contribution in [0.1, 0.15) is 46.5 Å². The molecule has 0 bridgehead atoms. The Morgan fingerprint density at radius 1 is 1.14 bits per heavy atom. The van der Waals surface area contributed by atoms with Crippen molar-refractivity contribution in [1.29, 1.82) is 0 Å². The molecule has 2 nitrogen and oxygen atoms in total. The minimum absolute atomic E-state index is 0.385. The lowest BCUT2D eigenvalue weighted by Crippen LogP contribution is -2.24. The second-order valence-corrected chi connectivity index (χ2v) is 8.00. The summed E-state index contributed by atoms with van der Waals surface area (Å²) in [5.41, 5.74) is 0.385. The van der Waals surface area contributed by atoms with Crippen molar-refractivity contribution in [2.75, 3.05) is 11.5 Å². The summed E-state index contributed by atoms with van der Waals surface area (Å²) >= 11 is 0. The van der Waals surface area contributed by atoms with E-state index in [4.69, 9.17) is 0 Å². The van der Waals surface area contributed by atoms with E-state index >= 15 is 0 Å². The van der Waals surface area contributed by atoms with Crippen molar-refractivity contribution in [3.8, 4) is 0 Å². The van der Waals surface area contributed by atoms with E-state index in [1.807, 2.05) is 0 Å². The van der Waals surface area contributed by atoms with Gasteiger partial charge in [0.15, 0.2) is 0 Å². The molecule has 0 unspecified atom stereocenters. The molecule has 0 aromatic rings. The van der Waals surface area contributed by atoms with Crippen LogP contribution in [0, 0.1) is 11.3 Å². The third-order valence-corrected chi connectivity index (χ3v) is 4.69. The van der Waals surface area contributed by atoms with Crippen molar-refractivity contribution in [1.82, 2.24) is 0 Å².